The molecule has 1 aliphatic heterocycles. The molecule has 1 aliphatic rings. The second kappa shape index (κ2) is 5.49. The topological polar surface area (TPSA) is 85.1 Å². The van der Waals surface area contributed by atoms with Crippen molar-refractivity contribution in [3.05, 3.63) is 70.6 Å². The van der Waals surface area contributed by atoms with Crippen LogP contribution in [0.1, 0.15) is 22.6 Å². The normalized spacial score (nSPS) is 17.0. The number of nitrogens with zero attached hydrogens (tertiary/aromatic N) is 1. The number of alkyl halides is 3. The zero-order chi connectivity index (χ0) is 17.5. The van der Waals surface area contributed by atoms with Crippen LogP contribution in [0.25, 0.3) is 0 Å². The van der Waals surface area contributed by atoms with E-state index in [0.29, 0.717) is 11.3 Å². The summed E-state index contributed by atoms with van der Waals surface area (Å²) in [6.07, 6.45) is -4.56. The third-order valence-electron chi connectivity index (χ3n) is 3.82. The van der Waals surface area contributed by atoms with Crippen molar-refractivity contribution in [2.24, 2.45) is 5.73 Å². The number of hydrogen-bond donors (Lipinski definition) is 2. The van der Waals surface area contributed by atoms with E-state index < -0.39 is 17.7 Å². The number of fused-ring (bicyclic) bond motifs is 1. The molecule has 4 N–H and O–H groups in total. The number of nitriles is 1. The summed E-state index contributed by atoms with van der Waals surface area (Å²) in [4.78, 5) is 0. The Morgan fingerprint density at radius 3 is 2.42 bits per heavy atom. The molecule has 7 heteroatoms. The van der Waals surface area contributed by atoms with Crippen molar-refractivity contribution in [3.8, 4) is 11.8 Å². The maximum absolute atomic E-state index is 13.4. The molecular formula is C17H12F3N3O. The molecule has 1 atom stereocenters. The predicted octanol–water partition coefficient (Wildman–Crippen LogP) is 3.51. The molecule has 24 heavy (non-hydrogen) atoms. The third-order valence-corrected chi connectivity index (χ3v) is 3.82. The molecule has 0 amide bonds. The van der Waals surface area contributed by atoms with E-state index in [1.165, 1.54) is 24.3 Å². The molecule has 4 nitrogen and oxygen atoms in total. The van der Waals surface area contributed by atoms with Gasteiger partial charge < -0.3 is 16.2 Å². The molecule has 2 aromatic carbocycles. The number of ether oxygens (including phenoxy) is 1. The highest BCUT2D eigenvalue weighted by molar-refractivity contribution is 5.60. The van der Waals surface area contributed by atoms with Gasteiger partial charge >= 0.3 is 6.18 Å². The Hall–Kier alpha value is -3.14. The Bertz CT molecular complexity index is 881. The van der Waals surface area contributed by atoms with Crippen molar-refractivity contribution < 1.29 is 17.9 Å². The molecule has 1 heterocycles. The fourth-order valence-corrected chi connectivity index (χ4v) is 2.80. The second-order valence-corrected chi connectivity index (χ2v) is 5.31. The minimum Gasteiger partial charge on any atom is -0.440 e. The zero-order valence-corrected chi connectivity index (χ0v) is 12.3. The van der Waals surface area contributed by atoms with Crippen LogP contribution >= 0.6 is 0 Å². The molecule has 0 aliphatic carbocycles. The molecule has 122 valence electrons. The monoisotopic (exact) mass is 331 g/mol. The van der Waals surface area contributed by atoms with Crippen molar-refractivity contribution in [2.45, 2.75) is 12.1 Å². The van der Waals surface area contributed by atoms with Gasteiger partial charge in [-0.3, -0.25) is 0 Å². The lowest BCUT2D eigenvalue weighted by atomic mass is 9.81. The minimum atomic E-state index is -4.56. The first-order valence-electron chi connectivity index (χ1n) is 6.96. The summed E-state index contributed by atoms with van der Waals surface area (Å²) in [6, 6.07) is 11.5. The number of benzene rings is 2. The number of rotatable bonds is 1. The van der Waals surface area contributed by atoms with Crippen molar-refractivity contribution in [1.29, 1.82) is 5.26 Å². The van der Waals surface area contributed by atoms with E-state index in [1.54, 1.807) is 12.1 Å². The van der Waals surface area contributed by atoms with Crippen LogP contribution in [0.5, 0.6) is 5.75 Å². The Labute approximate surface area is 135 Å². The zero-order valence-electron chi connectivity index (χ0n) is 12.3. The number of nitrogen functional groups attached to an aromatic ring is 1. The molecule has 0 bridgehead atoms. The standard InChI is InChI=1S/C17H12F3N3O/c18-17(19,20)13-4-2-1-3-10(13)15-11-6-5-9(22)7-14(11)24-16(23)12(15)8-21/h1-7,15H,22-23H2/t15-/m1/s1. The van der Waals surface area contributed by atoms with Crippen LogP contribution in [-0.2, 0) is 6.18 Å². The van der Waals surface area contributed by atoms with Crippen molar-refractivity contribution >= 4 is 5.69 Å². The van der Waals surface area contributed by atoms with Crippen molar-refractivity contribution in [1.82, 2.24) is 0 Å². The van der Waals surface area contributed by atoms with Gasteiger partial charge in [-0.05, 0) is 17.7 Å². The fraction of sp³-hybridized carbons (Fsp3) is 0.118. The van der Waals surface area contributed by atoms with E-state index in [9.17, 15) is 18.4 Å². The summed E-state index contributed by atoms with van der Waals surface area (Å²) in [5.41, 5.74) is 11.3. The summed E-state index contributed by atoms with van der Waals surface area (Å²) < 4.78 is 45.5. The van der Waals surface area contributed by atoms with Gasteiger partial charge in [0, 0.05) is 17.3 Å². The van der Waals surface area contributed by atoms with Gasteiger partial charge in [-0.15, -0.1) is 0 Å². The average Bonchev–Trinajstić information content (AvgIpc) is 2.52. The van der Waals surface area contributed by atoms with E-state index in [2.05, 4.69) is 0 Å². The van der Waals surface area contributed by atoms with Crippen LogP contribution in [0.15, 0.2) is 53.9 Å². The quantitative estimate of drug-likeness (QED) is 0.783. The molecular weight excluding hydrogens is 319 g/mol. The number of halogens is 3. The largest absolute Gasteiger partial charge is 0.440 e. The number of allylic oxidation sites excluding steroid dienone is 1. The van der Waals surface area contributed by atoms with Crippen LogP contribution in [0.4, 0.5) is 18.9 Å². The lowest BCUT2D eigenvalue weighted by Gasteiger charge is -2.28. The molecule has 0 unspecified atom stereocenters. The van der Waals surface area contributed by atoms with Gasteiger partial charge in [-0.1, -0.05) is 24.3 Å². The molecule has 0 fully saturated rings. The molecule has 0 aromatic heterocycles. The van der Waals surface area contributed by atoms with Crippen LogP contribution in [-0.4, -0.2) is 0 Å². The van der Waals surface area contributed by atoms with Gasteiger partial charge in [0.15, 0.2) is 0 Å². The minimum absolute atomic E-state index is 0.0566. The van der Waals surface area contributed by atoms with Gasteiger partial charge in [0.1, 0.15) is 17.4 Å². The van der Waals surface area contributed by atoms with Gasteiger partial charge in [0.2, 0.25) is 5.88 Å². The SMILES string of the molecule is N#CC1=C(N)Oc2cc(N)ccc2[C@H]1c1ccccc1C(F)(F)F. The van der Waals surface area contributed by atoms with Crippen molar-refractivity contribution in [2.75, 3.05) is 5.73 Å². The van der Waals surface area contributed by atoms with Gasteiger partial charge in [-0.25, -0.2) is 0 Å². The Morgan fingerprint density at radius 2 is 1.75 bits per heavy atom. The van der Waals surface area contributed by atoms with Gasteiger partial charge in [0.25, 0.3) is 0 Å². The number of anilines is 1. The number of nitrogens with two attached hydrogens (primary N) is 2. The van der Waals surface area contributed by atoms with E-state index >= 15 is 0 Å². The Morgan fingerprint density at radius 1 is 1.04 bits per heavy atom. The highest BCUT2D eigenvalue weighted by Crippen LogP contribution is 2.46. The first kappa shape index (κ1) is 15.7. The highest BCUT2D eigenvalue weighted by Gasteiger charge is 2.39. The van der Waals surface area contributed by atoms with Crippen LogP contribution < -0.4 is 16.2 Å². The highest BCUT2D eigenvalue weighted by atomic mass is 19.4. The first-order chi connectivity index (χ1) is 11.3. The number of hydrogen-bond acceptors (Lipinski definition) is 4. The Kier molecular flexibility index (Phi) is 3.60. The first-order valence-corrected chi connectivity index (χ1v) is 6.96. The van der Waals surface area contributed by atoms with Crippen LogP contribution in [0.3, 0.4) is 0 Å². The summed E-state index contributed by atoms with van der Waals surface area (Å²) in [6.45, 7) is 0. The Balaban J connectivity index is 2.30. The average molecular weight is 331 g/mol. The van der Waals surface area contributed by atoms with Crippen LogP contribution in [0.2, 0.25) is 0 Å². The molecule has 3 rings (SSSR count). The smallest absolute Gasteiger partial charge is 0.416 e. The summed E-state index contributed by atoms with van der Waals surface area (Å²) >= 11 is 0. The van der Waals surface area contributed by atoms with Crippen molar-refractivity contribution in [3.63, 3.8) is 0 Å². The summed E-state index contributed by atoms with van der Waals surface area (Å²) in [5, 5.41) is 9.39. The summed E-state index contributed by atoms with van der Waals surface area (Å²) in [7, 11) is 0. The van der Waals surface area contributed by atoms with E-state index in [1.807, 2.05) is 6.07 Å². The van der Waals surface area contributed by atoms with E-state index in [4.69, 9.17) is 16.2 Å². The lowest BCUT2D eigenvalue weighted by molar-refractivity contribution is -0.138. The van der Waals surface area contributed by atoms with Gasteiger partial charge in [-0.2, -0.15) is 18.4 Å². The maximum atomic E-state index is 13.4. The third kappa shape index (κ3) is 2.52. The fourth-order valence-electron chi connectivity index (χ4n) is 2.80. The lowest BCUT2D eigenvalue weighted by Crippen LogP contribution is -2.23. The van der Waals surface area contributed by atoms with Crippen LogP contribution in [0, 0.1) is 11.3 Å². The maximum Gasteiger partial charge on any atom is 0.416 e. The molecule has 2 aromatic rings. The molecule has 0 saturated heterocycles. The molecule has 0 spiro atoms. The van der Waals surface area contributed by atoms with Gasteiger partial charge in [0.05, 0.1) is 11.5 Å². The molecule has 0 radical (unpaired) electrons. The van der Waals surface area contributed by atoms with E-state index in [0.717, 1.165) is 6.07 Å². The predicted molar refractivity (Wildman–Crippen MR) is 81.6 cm³/mol. The molecule has 0 saturated carbocycles. The summed E-state index contributed by atoms with van der Waals surface area (Å²) in [5.74, 6) is -0.955. The second-order valence-electron chi connectivity index (χ2n) is 5.31. The van der Waals surface area contributed by atoms with E-state index in [-0.39, 0.29) is 22.8 Å².